The number of urea groups is 1. The van der Waals surface area contributed by atoms with E-state index in [0.29, 0.717) is 24.0 Å². The molecule has 0 radical (unpaired) electrons. The Balaban J connectivity index is 1.31. The average Bonchev–Trinajstić information content (AvgIpc) is 3.72. The molecule has 0 bridgehead atoms. The van der Waals surface area contributed by atoms with Crippen molar-refractivity contribution in [2.24, 2.45) is 0 Å². The van der Waals surface area contributed by atoms with Gasteiger partial charge in [-0.25, -0.2) is 14.8 Å². The molecular formula is C35H32N4O5. The highest BCUT2D eigenvalue weighted by Crippen LogP contribution is 2.31. The van der Waals surface area contributed by atoms with Crippen molar-refractivity contribution in [3.8, 4) is 0 Å². The van der Waals surface area contributed by atoms with Gasteiger partial charge >= 0.3 is 6.03 Å². The Bertz CT molecular complexity index is 1740. The Morgan fingerprint density at radius 3 is 1.45 bits per heavy atom. The Kier molecular flexibility index (Phi) is 7.55. The van der Waals surface area contributed by atoms with Crippen molar-refractivity contribution in [1.29, 1.82) is 0 Å². The number of fused-ring (bicyclic) bond motifs is 2. The summed E-state index contributed by atoms with van der Waals surface area (Å²) in [6, 6.07) is 29.1. The topological polar surface area (TPSA) is 116 Å². The highest BCUT2D eigenvalue weighted by Gasteiger charge is 2.46. The second kappa shape index (κ2) is 11.9. The van der Waals surface area contributed by atoms with Crippen molar-refractivity contribution < 1.29 is 23.8 Å². The minimum atomic E-state index is -1.22. The fraction of sp³-hybridized carbons (Fsp3) is 0.229. The van der Waals surface area contributed by atoms with Gasteiger partial charge in [0.15, 0.2) is 24.0 Å². The first-order chi connectivity index (χ1) is 21.5. The van der Waals surface area contributed by atoms with Gasteiger partial charge in [-0.2, -0.15) is 0 Å². The summed E-state index contributed by atoms with van der Waals surface area (Å²) in [5.74, 6) is 0. The lowest BCUT2D eigenvalue weighted by molar-refractivity contribution is -0.0408. The number of hydrogen-bond donors (Lipinski definition) is 2. The molecular weight excluding hydrogens is 556 g/mol. The van der Waals surface area contributed by atoms with Gasteiger partial charge in [0.25, 0.3) is 0 Å². The van der Waals surface area contributed by atoms with E-state index in [-0.39, 0.29) is 19.1 Å². The van der Waals surface area contributed by atoms with Crippen molar-refractivity contribution >= 4 is 28.2 Å². The van der Waals surface area contributed by atoms with Crippen molar-refractivity contribution in [1.82, 2.24) is 19.8 Å². The van der Waals surface area contributed by atoms with E-state index in [0.717, 1.165) is 33.3 Å². The summed E-state index contributed by atoms with van der Waals surface area (Å²) in [6.07, 6.45) is 1.08. The smallest absolute Gasteiger partial charge is 0.321 e. The van der Waals surface area contributed by atoms with Gasteiger partial charge in [0, 0.05) is 13.1 Å². The number of aliphatic hydroxyl groups excluding tert-OH is 2. The molecule has 6 aromatic rings. The normalized spacial score (nSPS) is 20.8. The molecule has 7 rings (SSSR count). The van der Waals surface area contributed by atoms with Crippen molar-refractivity contribution in [2.75, 3.05) is 0 Å². The van der Waals surface area contributed by atoms with E-state index in [9.17, 15) is 15.0 Å². The van der Waals surface area contributed by atoms with Gasteiger partial charge in [-0.05, 0) is 59.4 Å². The summed E-state index contributed by atoms with van der Waals surface area (Å²) >= 11 is 0. The van der Waals surface area contributed by atoms with E-state index in [1.165, 1.54) is 12.8 Å². The first-order valence-electron chi connectivity index (χ1n) is 14.7. The van der Waals surface area contributed by atoms with Gasteiger partial charge in [0.1, 0.15) is 23.2 Å². The third kappa shape index (κ3) is 5.55. The van der Waals surface area contributed by atoms with Crippen molar-refractivity contribution in [3.05, 3.63) is 132 Å². The van der Waals surface area contributed by atoms with Crippen LogP contribution in [0, 0.1) is 0 Å². The first kappa shape index (κ1) is 27.8. The van der Waals surface area contributed by atoms with Gasteiger partial charge in [0.2, 0.25) is 0 Å². The zero-order valence-corrected chi connectivity index (χ0v) is 23.9. The Labute approximate surface area is 254 Å². The van der Waals surface area contributed by atoms with Crippen LogP contribution in [0.5, 0.6) is 0 Å². The predicted octanol–water partition coefficient (Wildman–Crippen LogP) is 5.35. The number of oxazole rings is 2. The number of aromatic nitrogens is 2. The Morgan fingerprint density at radius 1 is 0.591 bits per heavy atom. The molecule has 2 N–H and O–H groups in total. The molecule has 0 unspecified atom stereocenters. The number of rotatable bonds is 8. The van der Waals surface area contributed by atoms with E-state index in [1.54, 1.807) is 9.80 Å². The number of carbonyl (C=O) groups is 1. The molecule has 0 aliphatic carbocycles. The lowest BCUT2D eigenvalue weighted by Crippen LogP contribution is -2.50. The van der Waals surface area contributed by atoms with Crippen molar-refractivity contribution in [2.45, 2.75) is 50.2 Å². The van der Waals surface area contributed by atoms with E-state index in [4.69, 9.17) is 8.83 Å². The van der Waals surface area contributed by atoms with Crippen LogP contribution in [-0.4, -0.2) is 60.3 Å². The fourth-order valence-corrected chi connectivity index (χ4v) is 6.20. The maximum Gasteiger partial charge on any atom is 0.321 e. The fourth-order valence-electron chi connectivity index (χ4n) is 6.20. The van der Waals surface area contributed by atoms with E-state index < -0.39 is 24.3 Å². The predicted molar refractivity (Wildman–Crippen MR) is 164 cm³/mol. The van der Waals surface area contributed by atoms with E-state index >= 15 is 0 Å². The molecule has 1 fully saturated rings. The molecule has 2 aromatic heterocycles. The molecule has 44 heavy (non-hydrogen) atoms. The highest BCUT2D eigenvalue weighted by atomic mass is 16.3. The van der Waals surface area contributed by atoms with Gasteiger partial charge in [-0.3, -0.25) is 0 Å². The summed E-state index contributed by atoms with van der Waals surface area (Å²) in [7, 11) is 0. The van der Waals surface area contributed by atoms with Crippen LogP contribution in [0.4, 0.5) is 4.79 Å². The van der Waals surface area contributed by atoms with Crippen LogP contribution >= 0.6 is 0 Å². The van der Waals surface area contributed by atoms with E-state index in [1.807, 2.05) is 97.1 Å². The van der Waals surface area contributed by atoms with Gasteiger partial charge in [-0.1, -0.05) is 72.8 Å². The SMILES string of the molecule is O=C1N(Cc2ccc3ncoc3c2)[C@H](Cc2ccccc2)[C@H](O)[C@@H](O)[C@@H](Cc2ccccc2)N1Cc1ccc2ncoc2c1. The molecule has 222 valence electrons. The maximum atomic E-state index is 14.8. The number of aliphatic hydroxyl groups is 2. The van der Waals surface area contributed by atoms with Crippen LogP contribution in [0.25, 0.3) is 22.2 Å². The van der Waals surface area contributed by atoms with E-state index in [2.05, 4.69) is 9.97 Å². The minimum absolute atomic E-state index is 0.201. The zero-order valence-electron chi connectivity index (χ0n) is 23.9. The van der Waals surface area contributed by atoms with Crippen LogP contribution in [0.15, 0.2) is 119 Å². The number of carbonyl (C=O) groups excluding carboxylic acids is 1. The number of benzene rings is 4. The lowest BCUT2D eigenvalue weighted by atomic mass is 9.91. The number of amides is 2. The molecule has 9 heteroatoms. The van der Waals surface area contributed by atoms with Crippen LogP contribution in [0.1, 0.15) is 22.3 Å². The van der Waals surface area contributed by atoms with Gasteiger partial charge in [0.05, 0.1) is 12.1 Å². The summed E-state index contributed by atoms with van der Waals surface area (Å²) < 4.78 is 11.1. The molecule has 4 atom stereocenters. The lowest BCUT2D eigenvalue weighted by Gasteiger charge is -2.35. The van der Waals surface area contributed by atoms with Crippen LogP contribution < -0.4 is 0 Å². The van der Waals surface area contributed by atoms with Crippen molar-refractivity contribution in [3.63, 3.8) is 0 Å². The molecule has 3 heterocycles. The third-order valence-corrected chi connectivity index (χ3v) is 8.50. The van der Waals surface area contributed by atoms with Crippen LogP contribution in [0.2, 0.25) is 0 Å². The highest BCUT2D eigenvalue weighted by molar-refractivity contribution is 5.78. The quantitative estimate of drug-likeness (QED) is 0.246. The number of hydrogen-bond acceptors (Lipinski definition) is 7. The standard InChI is InChI=1S/C35H32N4O5/c40-33-29(15-23-7-3-1-4-8-23)38(19-25-11-13-27-31(17-25)43-21-36-27)35(42)39(20-26-12-14-28-32(18-26)44-22-37-28)30(34(33)41)16-24-9-5-2-6-10-24/h1-14,17-18,21-22,29-30,33-34,40-41H,15-16,19-20H2/t29-,30-,33+,34+/m1/s1. The molecule has 1 aliphatic rings. The Morgan fingerprint density at radius 2 is 1.02 bits per heavy atom. The third-order valence-electron chi connectivity index (χ3n) is 8.50. The molecule has 2 amide bonds. The summed E-state index contributed by atoms with van der Waals surface area (Å²) in [5.41, 5.74) is 6.23. The largest absolute Gasteiger partial charge is 0.443 e. The molecule has 0 spiro atoms. The minimum Gasteiger partial charge on any atom is -0.443 e. The molecule has 1 saturated heterocycles. The number of nitrogens with zero attached hydrogens (tertiary/aromatic N) is 4. The molecule has 0 saturated carbocycles. The second-order valence-electron chi connectivity index (χ2n) is 11.3. The molecule has 4 aromatic carbocycles. The van der Waals surface area contributed by atoms with Gasteiger partial charge < -0.3 is 28.8 Å². The maximum absolute atomic E-state index is 14.8. The summed E-state index contributed by atoms with van der Waals surface area (Å²) in [6.45, 7) is 0.402. The zero-order chi connectivity index (χ0) is 30.0. The second-order valence-corrected chi connectivity index (χ2v) is 11.3. The molecule has 9 nitrogen and oxygen atoms in total. The Hall–Kier alpha value is -4.99. The monoisotopic (exact) mass is 588 g/mol. The molecule has 1 aliphatic heterocycles. The van der Waals surface area contributed by atoms with Crippen LogP contribution in [0.3, 0.4) is 0 Å². The first-order valence-corrected chi connectivity index (χ1v) is 14.7. The summed E-state index contributed by atoms with van der Waals surface area (Å²) in [4.78, 5) is 26.6. The average molecular weight is 589 g/mol. The van der Waals surface area contributed by atoms with Gasteiger partial charge in [-0.15, -0.1) is 0 Å². The summed E-state index contributed by atoms with van der Waals surface area (Å²) in [5, 5.41) is 23.8. The van der Waals surface area contributed by atoms with Crippen LogP contribution in [-0.2, 0) is 25.9 Å².